The number of pyridine rings is 2. The summed E-state index contributed by atoms with van der Waals surface area (Å²) in [6, 6.07) is 6.35. The van der Waals surface area contributed by atoms with Gasteiger partial charge < -0.3 is 9.12 Å². The van der Waals surface area contributed by atoms with Gasteiger partial charge in [0.25, 0.3) is 0 Å². The van der Waals surface area contributed by atoms with Crippen molar-refractivity contribution in [3.05, 3.63) is 42.2 Å². The van der Waals surface area contributed by atoms with E-state index in [2.05, 4.69) is 15.1 Å². The molecule has 0 aromatic carbocycles. The quantitative estimate of drug-likeness (QED) is 0.500. The first-order valence-electron chi connectivity index (χ1n) is 8.07. The fraction of sp³-hybridized carbons (Fsp3) is 0.235. The summed E-state index contributed by atoms with van der Waals surface area (Å²) in [5.41, 5.74) is 0.571. The third-order valence-corrected chi connectivity index (χ3v) is 5.61. The molecule has 0 aliphatic carbocycles. The van der Waals surface area contributed by atoms with Crippen LogP contribution in [0.1, 0.15) is 12.5 Å². The lowest BCUT2D eigenvalue weighted by molar-refractivity contribution is -0.137. The van der Waals surface area contributed by atoms with Gasteiger partial charge in [0.05, 0.1) is 5.56 Å². The Bertz CT molecular complexity index is 1150. The van der Waals surface area contributed by atoms with Gasteiger partial charge in [-0.05, 0) is 36.3 Å². The molecule has 1 unspecified atom stereocenters. The smallest absolute Gasteiger partial charge is 0.417 e. The van der Waals surface area contributed by atoms with Crippen LogP contribution in [0.5, 0.6) is 0 Å². The van der Waals surface area contributed by atoms with Gasteiger partial charge in [-0.25, -0.2) is 14.5 Å². The van der Waals surface area contributed by atoms with Crippen LogP contribution in [0.3, 0.4) is 0 Å². The molecule has 0 aliphatic rings. The summed E-state index contributed by atoms with van der Waals surface area (Å²) in [7, 11) is 1.65. The summed E-state index contributed by atoms with van der Waals surface area (Å²) in [6.45, 7) is 1.79. The van der Waals surface area contributed by atoms with Gasteiger partial charge in [0.2, 0.25) is 4.90 Å². The van der Waals surface area contributed by atoms with E-state index < -0.39 is 22.9 Å². The highest BCUT2D eigenvalue weighted by atomic mass is 32.2. The standard InChI is InChI=1S/C17H14F3N5OS/c1-3-27(26)14-12-6-4-5-7-25(12)23-13(14)16-22-11-8-10(17(18,19)20)9-21-15(11)24(16)2/h4-9H,3H2,1-2H3. The van der Waals surface area contributed by atoms with Crippen LogP contribution in [-0.2, 0) is 24.4 Å². The Labute approximate surface area is 154 Å². The number of alkyl halides is 3. The number of fused-ring (bicyclic) bond motifs is 2. The monoisotopic (exact) mass is 393 g/mol. The first kappa shape index (κ1) is 17.8. The molecule has 0 bridgehead atoms. The molecule has 0 fully saturated rings. The lowest BCUT2D eigenvalue weighted by atomic mass is 10.2. The Morgan fingerprint density at radius 1 is 1.26 bits per heavy atom. The zero-order chi connectivity index (χ0) is 19.3. The average molecular weight is 393 g/mol. The second kappa shape index (κ2) is 6.24. The predicted octanol–water partition coefficient (Wildman–Crippen LogP) is 3.43. The number of imidazole rings is 1. The molecule has 0 saturated carbocycles. The lowest BCUT2D eigenvalue weighted by Crippen LogP contribution is -2.06. The molecule has 4 aromatic rings. The summed E-state index contributed by atoms with van der Waals surface area (Å²) in [6.07, 6.45) is -2.00. The highest BCUT2D eigenvalue weighted by molar-refractivity contribution is 7.91. The first-order chi connectivity index (χ1) is 12.8. The van der Waals surface area contributed by atoms with Gasteiger partial charge in [-0.15, -0.1) is 0 Å². The van der Waals surface area contributed by atoms with Crippen LogP contribution in [0.15, 0.2) is 41.6 Å². The molecule has 10 heteroatoms. The van der Waals surface area contributed by atoms with Crippen molar-refractivity contribution in [2.75, 3.05) is 5.75 Å². The summed E-state index contributed by atoms with van der Waals surface area (Å²) >= 11 is -1.33. The van der Waals surface area contributed by atoms with E-state index in [-0.39, 0.29) is 5.52 Å². The maximum atomic E-state index is 13.0. The third-order valence-electron chi connectivity index (χ3n) is 4.23. The second-order valence-electron chi connectivity index (χ2n) is 5.90. The molecule has 4 heterocycles. The van der Waals surface area contributed by atoms with Crippen LogP contribution in [0.4, 0.5) is 13.2 Å². The van der Waals surface area contributed by atoms with E-state index in [0.29, 0.717) is 33.3 Å². The lowest BCUT2D eigenvalue weighted by Gasteiger charge is -2.08. The molecule has 140 valence electrons. The van der Waals surface area contributed by atoms with Crippen LogP contribution < -0.4 is 0 Å². The van der Waals surface area contributed by atoms with Crippen molar-refractivity contribution in [1.29, 1.82) is 0 Å². The largest absolute Gasteiger partial charge is 0.611 e. The summed E-state index contributed by atoms with van der Waals surface area (Å²) in [5, 5.41) is 4.47. The zero-order valence-corrected chi connectivity index (χ0v) is 15.2. The van der Waals surface area contributed by atoms with Crippen LogP contribution in [-0.4, -0.2) is 34.5 Å². The van der Waals surface area contributed by atoms with Crippen molar-refractivity contribution in [2.45, 2.75) is 18.0 Å². The highest BCUT2D eigenvalue weighted by Crippen LogP contribution is 2.34. The minimum atomic E-state index is -4.50. The van der Waals surface area contributed by atoms with Crippen molar-refractivity contribution in [1.82, 2.24) is 24.1 Å². The Balaban J connectivity index is 1.98. The van der Waals surface area contributed by atoms with Gasteiger partial charge in [0.15, 0.2) is 17.2 Å². The summed E-state index contributed by atoms with van der Waals surface area (Å²) < 4.78 is 54.7. The third kappa shape index (κ3) is 2.85. The number of aryl methyl sites for hydroxylation is 1. The van der Waals surface area contributed by atoms with Crippen molar-refractivity contribution in [3.63, 3.8) is 0 Å². The van der Waals surface area contributed by atoms with Crippen molar-refractivity contribution < 1.29 is 17.7 Å². The van der Waals surface area contributed by atoms with Gasteiger partial charge in [0, 0.05) is 19.4 Å². The van der Waals surface area contributed by atoms with E-state index in [1.807, 2.05) is 6.07 Å². The molecular formula is C17H14F3N5OS. The van der Waals surface area contributed by atoms with E-state index in [1.54, 1.807) is 41.4 Å². The van der Waals surface area contributed by atoms with Gasteiger partial charge >= 0.3 is 6.18 Å². The van der Waals surface area contributed by atoms with Crippen molar-refractivity contribution >= 4 is 27.9 Å². The van der Waals surface area contributed by atoms with Crippen LogP contribution in [0.2, 0.25) is 0 Å². The predicted molar refractivity (Wildman–Crippen MR) is 94.6 cm³/mol. The van der Waals surface area contributed by atoms with E-state index in [4.69, 9.17) is 0 Å². The number of hydrogen-bond acceptors (Lipinski definition) is 4. The minimum Gasteiger partial charge on any atom is -0.611 e. The molecule has 0 spiro atoms. The normalized spacial score (nSPS) is 13.6. The second-order valence-corrected chi connectivity index (χ2v) is 7.58. The van der Waals surface area contributed by atoms with Gasteiger partial charge in [-0.1, -0.05) is 6.07 Å². The Kier molecular flexibility index (Phi) is 4.11. The van der Waals surface area contributed by atoms with E-state index in [9.17, 15) is 17.7 Å². The number of aromatic nitrogens is 5. The van der Waals surface area contributed by atoms with Crippen molar-refractivity contribution in [2.24, 2.45) is 7.05 Å². The topological polar surface area (TPSA) is 71.1 Å². The summed E-state index contributed by atoms with van der Waals surface area (Å²) in [5.74, 6) is 0.696. The number of nitrogens with zero attached hydrogens (tertiary/aromatic N) is 5. The molecular weight excluding hydrogens is 379 g/mol. The number of halogens is 3. The first-order valence-corrected chi connectivity index (χ1v) is 9.39. The highest BCUT2D eigenvalue weighted by Gasteiger charge is 2.32. The molecule has 0 aliphatic heterocycles. The minimum absolute atomic E-state index is 0.104. The Morgan fingerprint density at radius 2 is 2.04 bits per heavy atom. The van der Waals surface area contributed by atoms with Crippen molar-refractivity contribution in [3.8, 4) is 11.5 Å². The molecule has 4 aromatic heterocycles. The maximum absolute atomic E-state index is 13.0. The molecule has 0 N–H and O–H groups in total. The van der Waals surface area contributed by atoms with Crippen LogP contribution in [0, 0.1) is 0 Å². The molecule has 27 heavy (non-hydrogen) atoms. The number of hydrogen-bond donors (Lipinski definition) is 0. The van der Waals surface area contributed by atoms with E-state index in [0.717, 1.165) is 12.3 Å². The summed E-state index contributed by atoms with van der Waals surface area (Å²) in [4.78, 5) is 8.74. The SMILES string of the molecule is CC[S+]([O-])c1c(-c2nc3cc(C(F)(F)F)cnc3n2C)nn2ccccc12. The maximum Gasteiger partial charge on any atom is 0.417 e. The molecule has 0 radical (unpaired) electrons. The molecule has 0 saturated heterocycles. The van der Waals surface area contributed by atoms with Gasteiger partial charge in [-0.2, -0.15) is 18.3 Å². The fourth-order valence-electron chi connectivity index (χ4n) is 2.93. The number of rotatable bonds is 3. The molecule has 0 amide bonds. The Morgan fingerprint density at radius 3 is 2.74 bits per heavy atom. The van der Waals surface area contributed by atoms with E-state index >= 15 is 0 Å². The molecule has 6 nitrogen and oxygen atoms in total. The average Bonchev–Trinajstić information content (AvgIpc) is 3.18. The van der Waals surface area contributed by atoms with Crippen LogP contribution in [0.25, 0.3) is 28.2 Å². The van der Waals surface area contributed by atoms with Gasteiger partial charge in [-0.3, -0.25) is 0 Å². The molecule has 1 atom stereocenters. The van der Waals surface area contributed by atoms with E-state index in [1.165, 1.54) is 0 Å². The zero-order valence-electron chi connectivity index (χ0n) is 14.4. The Hall–Kier alpha value is -2.59. The molecule has 4 rings (SSSR count). The van der Waals surface area contributed by atoms with Gasteiger partial charge in [0.1, 0.15) is 16.8 Å². The fourth-order valence-corrected chi connectivity index (χ4v) is 3.97. The van der Waals surface area contributed by atoms with Crippen LogP contribution >= 0.6 is 0 Å².